The topological polar surface area (TPSA) is 68.5 Å². The number of carbonyl (C=O) groups is 1. The normalized spacial score (nSPS) is 11.7. The van der Waals surface area contributed by atoms with Crippen molar-refractivity contribution < 1.29 is 31.5 Å². The summed E-state index contributed by atoms with van der Waals surface area (Å²) < 4.78 is 73.0. The van der Waals surface area contributed by atoms with E-state index in [-0.39, 0.29) is 22.5 Å². The highest BCUT2D eigenvalue weighted by Crippen LogP contribution is 2.32. The zero-order chi connectivity index (χ0) is 24.5. The van der Waals surface area contributed by atoms with E-state index < -0.39 is 36.3 Å². The second kappa shape index (κ2) is 9.08. The van der Waals surface area contributed by atoms with Gasteiger partial charge in [0, 0.05) is 12.1 Å². The number of ether oxygens (including phenoxy) is 1. The van der Waals surface area contributed by atoms with Gasteiger partial charge in [0.25, 0.3) is 12.3 Å². The maximum atomic E-state index is 13.7. The summed E-state index contributed by atoms with van der Waals surface area (Å²) >= 11 is 0. The first-order valence-electron chi connectivity index (χ1n) is 9.93. The Labute approximate surface area is 190 Å². The molecule has 0 saturated heterocycles. The lowest BCUT2D eigenvalue weighted by Gasteiger charge is -2.13. The fourth-order valence-electron chi connectivity index (χ4n) is 3.43. The number of halogens is 5. The minimum atomic E-state index is -4.59. The Morgan fingerprint density at radius 1 is 1.12 bits per heavy atom. The number of fused-ring (bicyclic) bond motifs is 1. The van der Waals surface area contributed by atoms with E-state index in [0.717, 1.165) is 22.8 Å². The van der Waals surface area contributed by atoms with E-state index >= 15 is 0 Å². The molecule has 0 fully saturated rings. The second-order valence-electron chi connectivity index (χ2n) is 7.23. The van der Waals surface area contributed by atoms with Crippen LogP contribution in [0.4, 0.5) is 22.0 Å². The molecule has 0 aliphatic rings. The summed E-state index contributed by atoms with van der Waals surface area (Å²) in [5.41, 5.74) is -1.14. The van der Waals surface area contributed by atoms with Gasteiger partial charge in [0.05, 0.1) is 24.6 Å². The van der Waals surface area contributed by atoms with Crippen LogP contribution in [0, 0.1) is 0 Å². The molecule has 11 heteroatoms. The van der Waals surface area contributed by atoms with Crippen LogP contribution in [0.1, 0.15) is 33.6 Å². The highest BCUT2D eigenvalue weighted by Gasteiger charge is 2.33. The zero-order valence-corrected chi connectivity index (χ0v) is 17.6. The quantitative estimate of drug-likeness (QED) is 0.384. The van der Waals surface area contributed by atoms with Gasteiger partial charge in [-0.2, -0.15) is 18.3 Å². The number of aromatic nitrogens is 3. The van der Waals surface area contributed by atoms with Crippen molar-refractivity contribution in [2.45, 2.75) is 19.1 Å². The molecule has 1 amide bonds. The highest BCUT2D eigenvalue weighted by atomic mass is 19.4. The van der Waals surface area contributed by atoms with E-state index in [0.29, 0.717) is 11.3 Å². The van der Waals surface area contributed by atoms with Crippen molar-refractivity contribution in [3.05, 3.63) is 83.2 Å². The average Bonchev–Trinajstić information content (AvgIpc) is 3.25. The van der Waals surface area contributed by atoms with Crippen molar-refractivity contribution in [3.63, 3.8) is 0 Å². The zero-order valence-electron chi connectivity index (χ0n) is 17.6. The standard InChI is InChI=1S/C23H17F5N4O2/c1-34-15-8-6-13(7-9-15)18-10-19(20(24)25)32-21(31-18)16(12-30-32)22(33)29-11-14-4-2-3-5-17(14)23(26,27)28/h2-10,12,20H,11H2,1H3,(H,29,33). The van der Waals surface area contributed by atoms with Crippen LogP contribution in [0.5, 0.6) is 5.75 Å². The summed E-state index contributed by atoms with van der Waals surface area (Å²) in [4.78, 5) is 17.1. The summed E-state index contributed by atoms with van der Waals surface area (Å²) in [6.45, 7) is -0.425. The number of benzene rings is 2. The fourth-order valence-corrected chi connectivity index (χ4v) is 3.43. The van der Waals surface area contributed by atoms with Gasteiger partial charge in [-0.15, -0.1) is 0 Å². The molecule has 176 valence electrons. The third kappa shape index (κ3) is 4.54. The molecule has 0 spiro atoms. The lowest BCUT2D eigenvalue weighted by Crippen LogP contribution is -2.24. The van der Waals surface area contributed by atoms with Gasteiger partial charge in [-0.3, -0.25) is 4.79 Å². The number of hydrogen-bond acceptors (Lipinski definition) is 4. The van der Waals surface area contributed by atoms with Gasteiger partial charge in [-0.1, -0.05) is 18.2 Å². The number of amides is 1. The Hall–Kier alpha value is -4.02. The van der Waals surface area contributed by atoms with Crippen LogP contribution < -0.4 is 10.1 Å². The molecule has 0 aliphatic heterocycles. The van der Waals surface area contributed by atoms with Gasteiger partial charge in [-0.25, -0.2) is 18.3 Å². The lowest BCUT2D eigenvalue weighted by molar-refractivity contribution is -0.138. The Bertz CT molecular complexity index is 1330. The molecule has 2 aromatic carbocycles. The molecular weight excluding hydrogens is 459 g/mol. The molecule has 0 atom stereocenters. The maximum absolute atomic E-state index is 13.7. The highest BCUT2D eigenvalue weighted by molar-refractivity contribution is 5.99. The van der Waals surface area contributed by atoms with Crippen molar-refractivity contribution in [2.24, 2.45) is 0 Å². The number of rotatable bonds is 6. The second-order valence-corrected chi connectivity index (χ2v) is 7.23. The first-order chi connectivity index (χ1) is 16.2. The fraction of sp³-hybridized carbons (Fsp3) is 0.174. The molecule has 2 aromatic heterocycles. The number of hydrogen-bond donors (Lipinski definition) is 1. The van der Waals surface area contributed by atoms with Gasteiger partial charge in [0.15, 0.2) is 5.65 Å². The van der Waals surface area contributed by atoms with Crippen LogP contribution in [-0.2, 0) is 12.7 Å². The van der Waals surface area contributed by atoms with Crippen molar-refractivity contribution in [2.75, 3.05) is 7.11 Å². The molecule has 0 radical (unpaired) electrons. The molecule has 34 heavy (non-hydrogen) atoms. The predicted molar refractivity (Wildman–Crippen MR) is 113 cm³/mol. The first-order valence-corrected chi connectivity index (χ1v) is 9.93. The Balaban J connectivity index is 1.69. The first kappa shape index (κ1) is 23.1. The van der Waals surface area contributed by atoms with Crippen LogP contribution in [0.25, 0.3) is 16.9 Å². The monoisotopic (exact) mass is 476 g/mol. The summed E-state index contributed by atoms with van der Waals surface area (Å²) in [5.74, 6) is -0.242. The van der Waals surface area contributed by atoms with Crippen LogP contribution in [0.15, 0.2) is 60.8 Å². The minimum absolute atomic E-state index is 0.139. The molecule has 4 aromatic rings. The lowest BCUT2D eigenvalue weighted by atomic mass is 10.1. The van der Waals surface area contributed by atoms with Crippen molar-refractivity contribution in [1.82, 2.24) is 19.9 Å². The van der Waals surface area contributed by atoms with Gasteiger partial charge < -0.3 is 10.1 Å². The van der Waals surface area contributed by atoms with Crippen LogP contribution in [-0.4, -0.2) is 27.6 Å². The third-order valence-electron chi connectivity index (χ3n) is 5.12. The van der Waals surface area contributed by atoms with Gasteiger partial charge in [0.1, 0.15) is 17.0 Å². The average molecular weight is 476 g/mol. The molecule has 0 aliphatic carbocycles. The number of alkyl halides is 5. The number of nitrogens with zero attached hydrogens (tertiary/aromatic N) is 3. The Kier molecular flexibility index (Phi) is 6.18. The van der Waals surface area contributed by atoms with E-state index in [4.69, 9.17) is 4.74 Å². The summed E-state index contributed by atoms with van der Waals surface area (Å²) in [5, 5.41) is 6.24. The van der Waals surface area contributed by atoms with Crippen molar-refractivity contribution in [1.29, 1.82) is 0 Å². The van der Waals surface area contributed by atoms with E-state index in [1.54, 1.807) is 24.3 Å². The van der Waals surface area contributed by atoms with Crippen LogP contribution in [0.2, 0.25) is 0 Å². The molecule has 6 nitrogen and oxygen atoms in total. The Morgan fingerprint density at radius 2 is 1.82 bits per heavy atom. The molecular formula is C23H17F5N4O2. The maximum Gasteiger partial charge on any atom is 0.416 e. The summed E-state index contributed by atoms with van der Waals surface area (Å²) in [6.07, 6.45) is -6.46. The number of methoxy groups -OCH3 is 1. The van der Waals surface area contributed by atoms with Crippen LogP contribution in [0.3, 0.4) is 0 Å². The molecule has 4 rings (SSSR count). The number of nitrogens with one attached hydrogen (secondary N) is 1. The smallest absolute Gasteiger partial charge is 0.416 e. The van der Waals surface area contributed by atoms with E-state index in [1.807, 2.05) is 0 Å². The van der Waals surface area contributed by atoms with Gasteiger partial charge >= 0.3 is 6.18 Å². The largest absolute Gasteiger partial charge is 0.497 e. The van der Waals surface area contributed by atoms with E-state index in [1.165, 1.54) is 25.3 Å². The molecule has 0 saturated carbocycles. The third-order valence-corrected chi connectivity index (χ3v) is 5.12. The van der Waals surface area contributed by atoms with Crippen molar-refractivity contribution in [3.8, 4) is 17.0 Å². The van der Waals surface area contributed by atoms with Crippen molar-refractivity contribution >= 4 is 11.6 Å². The molecule has 1 N–H and O–H groups in total. The van der Waals surface area contributed by atoms with Gasteiger partial charge in [-0.05, 0) is 42.0 Å². The molecule has 2 heterocycles. The summed E-state index contributed by atoms with van der Waals surface area (Å²) in [6, 6.07) is 12.5. The minimum Gasteiger partial charge on any atom is -0.497 e. The predicted octanol–water partition coefficient (Wildman–Crippen LogP) is 5.29. The summed E-state index contributed by atoms with van der Waals surface area (Å²) in [7, 11) is 1.48. The van der Waals surface area contributed by atoms with Gasteiger partial charge in [0.2, 0.25) is 0 Å². The Morgan fingerprint density at radius 3 is 2.47 bits per heavy atom. The van der Waals surface area contributed by atoms with E-state index in [2.05, 4.69) is 15.4 Å². The molecule has 0 unspecified atom stereocenters. The van der Waals surface area contributed by atoms with E-state index in [9.17, 15) is 26.7 Å². The van der Waals surface area contributed by atoms with Crippen LogP contribution >= 0.6 is 0 Å². The number of carbonyl (C=O) groups excluding carboxylic acids is 1. The SMILES string of the molecule is COc1ccc(-c2cc(C(F)F)n3ncc(C(=O)NCc4ccccc4C(F)(F)F)c3n2)cc1. The molecule has 0 bridgehead atoms.